The zero-order valence-corrected chi connectivity index (χ0v) is 10.0. The molecule has 0 radical (unpaired) electrons. The van der Waals surface area contributed by atoms with Crippen molar-refractivity contribution in [3.8, 4) is 5.82 Å². The summed E-state index contributed by atoms with van der Waals surface area (Å²) in [7, 11) is 0. The molecule has 2 aromatic heterocycles. The van der Waals surface area contributed by atoms with Crippen molar-refractivity contribution in [2.75, 3.05) is 0 Å². The van der Waals surface area contributed by atoms with Gasteiger partial charge in [0.25, 0.3) is 0 Å². The summed E-state index contributed by atoms with van der Waals surface area (Å²) in [4.78, 5) is 4.02. The second-order valence-electron chi connectivity index (χ2n) is 3.30. The monoisotopic (exact) mass is 305 g/mol. The fourth-order valence-corrected chi connectivity index (χ4v) is 1.57. The van der Waals surface area contributed by atoms with Crippen LogP contribution in [0.3, 0.4) is 0 Å². The third-order valence-electron chi connectivity index (χ3n) is 2.08. The van der Waals surface area contributed by atoms with Crippen LogP contribution in [0.5, 0.6) is 0 Å². The summed E-state index contributed by atoms with van der Waals surface area (Å²) in [5.74, 6) is 0.352. The van der Waals surface area contributed by atoms with Crippen molar-refractivity contribution in [1.29, 1.82) is 0 Å². The van der Waals surface area contributed by atoms with Gasteiger partial charge in [0, 0.05) is 17.7 Å². The Hall–Kier alpha value is -1.37. The van der Waals surface area contributed by atoms with Gasteiger partial charge in [0.1, 0.15) is 0 Å². The van der Waals surface area contributed by atoms with Gasteiger partial charge in [0.2, 0.25) is 0 Å². The lowest BCUT2D eigenvalue weighted by Gasteiger charge is -2.02. The molecule has 0 aliphatic heterocycles. The van der Waals surface area contributed by atoms with Crippen LogP contribution in [-0.2, 0) is 11.5 Å². The van der Waals surface area contributed by atoms with E-state index in [4.69, 9.17) is 0 Å². The van der Waals surface area contributed by atoms with Crippen LogP contribution >= 0.6 is 15.9 Å². The Labute approximate surface area is 103 Å². The Morgan fingerprint density at radius 1 is 1.24 bits per heavy atom. The summed E-state index contributed by atoms with van der Waals surface area (Å²) in [5.41, 5.74) is 0.0146. The van der Waals surface area contributed by atoms with E-state index in [-0.39, 0.29) is 0 Å². The highest BCUT2D eigenvalue weighted by Gasteiger charge is 2.33. The zero-order valence-electron chi connectivity index (χ0n) is 8.45. The molecule has 17 heavy (non-hydrogen) atoms. The third kappa shape index (κ3) is 2.66. The average Bonchev–Trinajstić information content (AvgIpc) is 2.78. The summed E-state index contributed by atoms with van der Waals surface area (Å²) < 4.78 is 38.1. The Kier molecular flexibility index (Phi) is 3.19. The Morgan fingerprint density at radius 3 is 2.47 bits per heavy atom. The van der Waals surface area contributed by atoms with Gasteiger partial charge in [0.05, 0.1) is 0 Å². The van der Waals surface area contributed by atoms with Gasteiger partial charge in [-0.25, -0.2) is 9.67 Å². The first-order chi connectivity index (χ1) is 8.00. The maximum Gasteiger partial charge on any atom is 0.435 e. The van der Waals surface area contributed by atoms with Gasteiger partial charge in [-0.1, -0.05) is 22.0 Å². The van der Waals surface area contributed by atoms with Crippen LogP contribution < -0.4 is 0 Å². The summed E-state index contributed by atoms with van der Waals surface area (Å²) in [6, 6.07) is 4.30. The maximum absolute atomic E-state index is 12.3. The largest absolute Gasteiger partial charge is 0.435 e. The summed E-state index contributed by atoms with van der Waals surface area (Å²) >= 11 is 3.26. The SMILES string of the molecule is FC(F)(F)c1ccn(-c2ccc(CBr)cn2)n1. The second kappa shape index (κ2) is 4.48. The number of hydrogen-bond donors (Lipinski definition) is 0. The minimum absolute atomic E-state index is 0.352. The molecule has 0 unspecified atom stereocenters. The molecule has 0 saturated carbocycles. The van der Waals surface area contributed by atoms with Crippen molar-refractivity contribution in [1.82, 2.24) is 14.8 Å². The Balaban J connectivity index is 2.30. The van der Waals surface area contributed by atoms with E-state index < -0.39 is 11.9 Å². The molecule has 0 aliphatic rings. The summed E-state index contributed by atoms with van der Waals surface area (Å²) in [6.07, 6.45) is -1.61. The van der Waals surface area contributed by atoms with E-state index in [9.17, 15) is 13.2 Å². The molecule has 0 atom stereocenters. The minimum atomic E-state index is -4.43. The summed E-state index contributed by atoms with van der Waals surface area (Å²) in [6.45, 7) is 0. The topological polar surface area (TPSA) is 30.7 Å². The predicted octanol–water partition coefficient (Wildman–Crippen LogP) is 3.18. The fourth-order valence-electron chi connectivity index (χ4n) is 1.23. The lowest BCUT2D eigenvalue weighted by Crippen LogP contribution is -2.07. The lowest BCUT2D eigenvalue weighted by atomic mass is 10.3. The first-order valence-electron chi connectivity index (χ1n) is 4.65. The van der Waals surface area contributed by atoms with Gasteiger partial charge in [-0.3, -0.25) is 0 Å². The molecule has 0 amide bonds. The van der Waals surface area contributed by atoms with E-state index in [0.29, 0.717) is 11.1 Å². The van der Waals surface area contributed by atoms with Crippen molar-refractivity contribution in [2.24, 2.45) is 0 Å². The molecule has 0 fully saturated rings. The molecule has 0 N–H and O–H groups in total. The minimum Gasteiger partial charge on any atom is -0.237 e. The number of hydrogen-bond acceptors (Lipinski definition) is 2. The van der Waals surface area contributed by atoms with Crippen LogP contribution in [0.15, 0.2) is 30.6 Å². The zero-order chi connectivity index (χ0) is 12.5. The van der Waals surface area contributed by atoms with E-state index in [2.05, 4.69) is 26.0 Å². The molecule has 0 saturated heterocycles. The number of halogens is 4. The van der Waals surface area contributed by atoms with Crippen molar-refractivity contribution in [2.45, 2.75) is 11.5 Å². The normalized spacial score (nSPS) is 11.8. The van der Waals surface area contributed by atoms with Crippen molar-refractivity contribution < 1.29 is 13.2 Å². The molecule has 2 rings (SSSR count). The quantitative estimate of drug-likeness (QED) is 0.798. The molecule has 2 heterocycles. The highest BCUT2D eigenvalue weighted by molar-refractivity contribution is 9.08. The van der Waals surface area contributed by atoms with Gasteiger partial charge in [0.15, 0.2) is 11.5 Å². The maximum atomic E-state index is 12.3. The number of nitrogens with zero attached hydrogens (tertiary/aromatic N) is 3. The van der Waals surface area contributed by atoms with Gasteiger partial charge in [-0.05, 0) is 17.7 Å². The molecule has 0 spiro atoms. The van der Waals surface area contributed by atoms with E-state index in [0.717, 1.165) is 16.3 Å². The molecule has 0 aliphatic carbocycles. The predicted molar refractivity (Wildman–Crippen MR) is 59.0 cm³/mol. The molecular weight excluding hydrogens is 299 g/mol. The molecule has 2 aromatic rings. The highest BCUT2D eigenvalue weighted by Crippen LogP contribution is 2.27. The molecule has 7 heteroatoms. The smallest absolute Gasteiger partial charge is 0.237 e. The molecule has 90 valence electrons. The first kappa shape index (κ1) is 12.1. The molecule has 0 bridgehead atoms. The molecular formula is C10H7BrF3N3. The van der Waals surface area contributed by atoms with Gasteiger partial charge >= 0.3 is 6.18 Å². The number of rotatable bonds is 2. The number of pyridine rings is 1. The average molecular weight is 306 g/mol. The van der Waals surface area contributed by atoms with Crippen LogP contribution in [0.2, 0.25) is 0 Å². The van der Waals surface area contributed by atoms with Crippen LogP contribution in [0.1, 0.15) is 11.3 Å². The van der Waals surface area contributed by atoms with E-state index in [1.54, 1.807) is 18.3 Å². The van der Waals surface area contributed by atoms with Crippen molar-refractivity contribution in [3.05, 3.63) is 41.9 Å². The van der Waals surface area contributed by atoms with Crippen molar-refractivity contribution in [3.63, 3.8) is 0 Å². The van der Waals surface area contributed by atoms with Gasteiger partial charge < -0.3 is 0 Å². The van der Waals surface area contributed by atoms with E-state index >= 15 is 0 Å². The van der Waals surface area contributed by atoms with Crippen LogP contribution in [-0.4, -0.2) is 14.8 Å². The summed E-state index contributed by atoms with van der Waals surface area (Å²) in [5, 5.41) is 4.07. The van der Waals surface area contributed by atoms with Gasteiger partial charge in [-0.2, -0.15) is 18.3 Å². The Bertz CT molecular complexity index is 504. The van der Waals surface area contributed by atoms with Crippen LogP contribution in [0.25, 0.3) is 5.82 Å². The molecule has 3 nitrogen and oxygen atoms in total. The second-order valence-corrected chi connectivity index (χ2v) is 3.86. The fraction of sp³-hybridized carbons (Fsp3) is 0.200. The van der Waals surface area contributed by atoms with Crippen LogP contribution in [0.4, 0.5) is 13.2 Å². The van der Waals surface area contributed by atoms with E-state index in [1.807, 2.05) is 0 Å². The van der Waals surface area contributed by atoms with Crippen molar-refractivity contribution >= 4 is 15.9 Å². The standard InChI is InChI=1S/C10H7BrF3N3/c11-5-7-1-2-9(15-6-7)17-4-3-8(16-17)10(12,13)14/h1-4,6H,5H2. The third-order valence-corrected chi connectivity index (χ3v) is 2.73. The van der Waals surface area contributed by atoms with E-state index in [1.165, 1.54) is 6.20 Å². The number of alkyl halides is 4. The molecule has 0 aromatic carbocycles. The Morgan fingerprint density at radius 2 is 2.00 bits per heavy atom. The lowest BCUT2D eigenvalue weighted by molar-refractivity contribution is -0.141. The van der Waals surface area contributed by atoms with Gasteiger partial charge in [-0.15, -0.1) is 0 Å². The first-order valence-corrected chi connectivity index (χ1v) is 5.77. The van der Waals surface area contributed by atoms with Crippen LogP contribution in [0, 0.1) is 0 Å². The number of aromatic nitrogens is 3. The highest BCUT2D eigenvalue weighted by atomic mass is 79.9.